The van der Waals surface area contributed by atoms with E-state index in [0.29, 0.717) is 5.02 Å². The first-order valence-corrected chi connectivity index (χ1v) is 10.4. The molecular formula is C17H33ClN4O2S. The molecule has 1 aromatic carbocycles. The van der Waals surface area contributed by atoms with Crippen LogP contribution in [-0.4, -0.2) is 34.3 Å². The second-order valence-electron chi connectivity index (χ2n) is 7.24. The fourth-order valence-electron chi connectivity index (χ4n) is 2.18. The number of hydrazine groups is 1. The van der Waals surface area contributed by atoms with Crippen LogP contribution in [0.3, 0.4) is 0 Å². The number of rotatable bonds is 6. The molecular weight excluding hydrogens is 360 g/mol. The van der Waals surface area contributed by atoms with Gasteiger partial charge in [-0.1, -0.05) is 32.4 Å². The lowest BCUT2D eigenvalue weighted by atomic mass is 9.85. The Hall–Kier alpha value is -0.860. The van der Waals surface area contributed by atoms with E-state index in [4.69, 9.17) is 17.4 Å². The molecule has 6 nitrogen and oxygen atoms in total. The Labute approximate surface area is 157 Å². The van der Waals surface area contributed by atoms with Crippen LogP contribution in [0.4, 0.5) is 5.69 Å². The fraction of sp³-hybridized carbons (Fsp3) is 0.647. The Morgan fingerprint density at radius 2 is 1.80 bits per heavy atom. The summed E-state index contributed by atoms with van der Waals surface area (Å²) in [6, 6.07) is 3.70. The smallest absolute Gasteiger partial charge is 0.208 e. The first-order valence-electron chi connectivity index (χ1n) is 8.17. The predicted octanol–water partition coefficient (Wildman–Crippen LogP) is 2.80. The van der Waals surface area contributed by atoms with E-state index in [2.05, 4.69) is 15.5 Å². The zero-order valence-corrected chi connectivity index (χ0v) is 17.9. The lowest BCUT2D eigenvalue weighted by Gasteiger charge is -2.30. The van der Waals surface area contributed by atoms with Crippen molar-refractivity contribution in [2.45, 2.75) is 47.1 Å². The summed E-state index contributed by atoms with van der Waals surface area (Å²) >= 11 is 5.81. The molecule has 8 heteroatoms. The molecule has 0 spiro atoms. The van der Waals surface area contributed by atoms with Gasteiger partial charge in [-0.05, 0) is 62.5 Å². The molecule has 0 fully saturated rings. The molecule has 0 saturated heterocycles. The molecule has 0 bridgehead atoms. The number of anilines is 1. The van der Waals surface area contributed by atoms with Gasteiger partial charge in [-0.25, -0.2) is 13.1 Å². The van der Waals surface area contributed by atoms with Gasteiger partial charge in [-0.2, -0.15) is 0 Å². The van der Waals surface area contributed by atoms with Crippen molar-refractivity contribution in [3.63, 3.8) is 0 Å². The highest BCUT2D eigenvalue weighted by Crippen LogP contribution is 2.23. The molecule has 1 rings (SSSR count). The quantitative estimate of drug-likeness (QED) is 0.441. The predicted molar refractivity (Wildman–Crippen MR) is 109 cm³/mol. The summed E-state index contributed by atoms with van der Waals surface area (Å²) in [5.74, 6) is 5.28. The van der Waals surface area contributed by atoms with Crippen LogP contribution in [0.15, 0.2) is 12.1 Å². The van der Waals surface area contributed by atoms with Gasteiger partial charge in [0.15, 0.2) is 0 Å². The van der Waals surface area contributed by atoms with Crippen molar-refractivity contribution in [1.82, 2.24) is 10.0 Å². The molecule has 5 N–H and O–H groups in total. The van der Waals surface area contributed by atoms with Crippen LogP contribution in [0, 0.1) is 19.3 Å². The van der Waals surface area contributed by atoms with E-state index in [1.54, 1.807) is 0 Å². The van der Waals surface area contributed by atoms with Crippen LogP contribution >= 0.6 is 11.6 Å². The highest BCUT2D eigenvalue weighted by atomic mass is 35.5. The minimum atomic E-state index is -3.11. The number of hydrogen-bond donors (Lipinski definition) is 4. The maximum Gasteiger partial charge on any atom is 0.208 e. The highest BCUT2D eigenvalue weighted by Gasteiger charge is 2.26. The summed E-state index contributed by atoms with van der Waals surface area (Å²) < 4.78 is 24.9. The molecule has 0 aliphatic carbocycles. The molecule has 0 aromatic heterocycles. The van der Waals surface area contributed by atoms with Crippen LogP contribution in [-0.2, 0) is 10.0 Å². The molecule has 25 heavy (non-hydrogen) atoms. The van der Waals surface area contributed by atoms with Crippen LogP contribution < -0.4 is 21.3 Å². The third kappa shape index (κ3) is 10.0. The lowest BCUT2D eigenvalue weighted by molar-refractivity contribution is 0.284. The SMILES string of the molecule is CNCCC(NS(C)(=O)=O)C(C)(C)C.Cc1cc(Cl)cc(NN)c1C. The van der Waals surface area contributed by atoms with E-state index in [1.165, 1.54) is 6.26 Å². The second kappa shape index (κ2) is 10.3. The fourth-order valence-corrected chi connectivity index (χ4v) is 3.44. The van der Waals surface area contributed by atoms with Gasteiger partial charge >= 0.3 is 0 Å². The van der Waals surface area contributed by atoms with Gasteiger partial charge in [0.05, 0.1) is 11.9 Å². The van der Waals surface area contributed by atoms with Crippen molar-refractivity contribution in [2.75, 3.05) is 25.3 Å². The Balaban J connectivity index is 0.000000472. The highest BCUT2D eigenvalue weighted by molar-refractivity contribution is 7.88. The van der Waals surface area contributed by atoms with Crippen LogP contribution in [0.2, 0.25) is 5.02 Å². The number of hydrogen-bond acceptors (Lipinski definition) is 5. The number of nitrogen functional groups attached to an aromatic ring is 1. The van der Waals surface area contributed by atoms with Gasteiger partial charge in [0.2, 0.25) is 10.0 Å². The Morgan fingerprint density at radius 1 is 1.24 bits per heavy atom. The Kier molecular flexibility index (Phi) is 9.97. The van der Waals surface area contributed by atoms with Crippen molar-refractivity contribution in [2.24, 2.45) is 11.3 Å². The summed E-state index contributed by atoms with van der Waals surface area (Å²) in [5.41, 5.74) is 5.70. The van der Waals surface area contributed by atoms with Gasteiger partial charge in [0, 0.05) is 11.1 Å². The lowest BCUT2D eigenvalue weighted by Crippen LogP contribution is -2.44. The molecule has 1 atom stereocenters. The number of benzene rings is 1. The van der Waals surface area contributed by atoms with Crippen LogP contribution in [0.5, 0.6) is 0 Å². The van der Waals surface area contributed by atoms with Crippen molar-refractivity contribution in [1.29, 1.82) is 0 Å². The third-order valence-corrected chi connectivity index (χ3v) is 4.80. The topological polar surface area (TPSA) is 96.2 Å². The first-order chi connectivity index (χ1) is 11.3. The molecule has 1 unspecified atom stereocenters. The van der Waals surface area contributed by atoms with E-state index in [9.17, 15) is 8.42 Å². The molecule has 0 amide bonds. The summed E-state index contributed by atoms with van der Waals surface area (Å²) in [4.78, 5) is 0. The number of nitrogens with one attached hydrogen (secondary N) is 3. The molecule has 1 aromatic rings. The summed E-state index contributed by atoms with van der Waals surface area (Å²) in [6.45, 7) is 10.9. The minimum Gasteiger partial charge on any atom is -0.324 e. The van der Waals surface area contributed by atoms with E-state index < -0.39 is 10.0 Å². The molecule has 0 aliphatic heterocycles. The monoisotopic (exact) mass is 392 g/mol. The van der Waals surface area contributed by atoms with E-state index >= 15 is 0 Å². The normalized spacial score (nSPS) is 13.0. The minimum absolute atomic E-state index is 0.0232. The van der Waals surface area contributed by atoms with Gasteiger partial charge < -0.3 is 10.7 Å². The van der Waals surface area contributed by atoms with Gasteiger partial charge in [0.25, 0.3) is 0 Å². The van der Waals surface area contributed by atoms with E-state index in [1.807, 2.05) is 53.8 Å². The Morgan fingerprint density at radius 3 is 2.20 bits per heavy atom. The average molecular weight is 393 g/mol. The standard InChI is InChI=1S/C9H22N2O2S.C8H11ClN2/c1-9(2,3)8(6-7-10-4)11-14(5,12)13;1-5-3-7(9)4-8(11-10)6(5)2/h8,10-11H,6-7H2,1-5H3;3-4,11H,10H2,1-2H3. The maximum atomic E-state index is 11.1. The number of halogens is 1. The maximum absolute atomic E-state index is 11.1. The Bertz CT molecular complexity index is 643. The third-order valence-electron chi connectivity index (χ3n) is 3.87. The zero-order chi connectivity index (χ0) is 19.8. The van der Waals surface area contributed by atoms with Crippen LogP contribution in [0.1, 0.15) is 38.3 Å². The number of aryl methyl sites for hydroxylation is 1. The van der Waals surface area contributed by atoms with Crippen molar-refractivity contribution >= 4 is 27.3 Å². The molecule has 0 saturated carbocycles. The summed E-state index contributed by atoms with van der Waals surface area (Å²) in [6.07, 6.45) is 2.00. The summed E-state index contributed by atoms with van der Waals surface area (Å²) in [7, 11) is -1.25. The van der Waals surface area contributed by atoms with Crippen molar-refractivity contribution in [3.05, 3.63) is 28.3 Å². The van der Waals surface area contributed by atoms with Gasteiger partial charge in [0.1, 0.15) is 0 Å². The largest absolute Gasteiger partial charge is 0.324 e. The zero-order valence-electron chi connectivity index (χ0n) is 16.3. The first kappa shape index (κ1) is 24.1. The molecule has 0 aliphatic rings. The van der Waals surface area contributed by atoms with Crippen molar-refractivity contribution < 1.29 is 8.42 Å². The molecule has 146 valence electrons. The van der Waals surface area contributed by atoms with Gasteiger partial charge in [-0.3, -0.25) is 5.84 Å². The number of nitrogens with two attached hydrogens (primary N) is 1. The van der Waals surface area contributed by atoms with E-state index in [-0.39, 0.29) is 11.5 Å². The van der Waals surface area contributed by atoms with Crippen molar-refractivity contribution in [3.8, 4) is 0 Å². The van der Waals surface area contributed by atoms with Gasteiger partial charge in [-0.15, -0.1) is 0 Å². The molecule has 0 heterocycles. The van der Waals surface area contributed by atoms with E-state index in [0.717, 1.165) is 29.8 Å². The second-order valence-corrected chi connectivity index (χ2v) is 9.46. The molecule has 0 radical (unpaired) electrons. The van der Waals surface area contributed by atoms with Crippen LogP contribution in [0.25, 0.3) is 0 Å². The average Bonchev–Trinajstić information content (AvgIpc) is 2.45. The summed E-state index contributed by atoms with van der Waals surface area (Å²) in [5, 5.41) is 3.73. The number of sulfonamides is 1.